The number of carbonyl (C=O) groups is 1. The number of amides is 1. The standard InChI is InChI=1S/C29H33N9OS2/c1-29(19-30)7-12-38(13-8-29)28-34-33-27(41-28)23-16-21(3-4-24(23)40-18-22-6-10-36(2)35-22)26(39)32-17-20-5-11-37-14-9-31-25(37)15-20/h3-6,9-11,14-16H,7-8,12-13,17-19,30H2,1-2H3,(H,32,39). The third-order valence-electron chi connectivity index (χ3n) is 7.68. The molecular weight excluding hydrogens is 555 g/mol. The molecule has 1 aliphatic rings. The van der Waals surface area contributed by atoms with Gasteiger partial charge in [0.05, 0.1) is 5.69 Å². The van der Waals surface area contributed by atoms with Crippen LogP contribution in [-0.4, -0.2) is 54.9 Å². The molecule has 5 aromatic rings. The molecule has 1 amide bonds. The molecular formula is C29H33N9OS2. The zero-order valence-corrected chi connectivity index (χ0v) is 24.8. The van der Waals surface area contributed by atoms with Gasteiger partial charge in [0.15, 0.2) is 5.01 Å². The predicted octanol–water partition coefficient (Wildman–Crippen LogP) is 4.37. The molecule has 1 fully saturated rings. The number of aryl methyl sites for hydroxylation is 1. The van der Waals surface area contributed by atoms with Gasteiger partial charge >= 0.3 is 0 Å². The predicted molar refractivity (Wildman–Crippen MR) is 163 cm³/mol. The van der Waals surface area contributed by atoms with E-state index in [9.17, 15) is 4.79 Å². The number of nitrogens with zero attached hydrogens (tertiary/aromatic N) is 7. The lowest BCUT2D eigenvalue weighted by atomic mass is 9.81. The molecule has 1 aliphatic heterocycles. The van der Waals surface area contributed by atoms with Crippen LogP contribution in [0.4, 0.5) is 5.13 Å². The minimum absolute atomic E-state index is 0.141. The van der Waals surface area contributed by atoms with Crippen molar-refractivity contribution in [1.82, 2.24) is 34.7 Å². The minimum Gasteiger partial charge on any atom is -0.348 e. The van der Waals surface area contributed by atoms with Gasteiger partial charge in [-0.05, 0) is 66.8 Å². The SMILES string of the molecule is Cn1ccc(CSc2ccc(C(=O)NCc3ccn4ccnc4c3)cc2-c2nnc(N3CCC(C)(CN)CC3)s2)n1. The molecule has 3 N–H and O–H groups in total. The minimum atomic E-state index is -0.141. The largest absolute Gasteiger partial charge is 0.348 e. The van der Waals surface area contributed by atoms with Gasteiger partial charge in [0.1, 0.15) is 5.65 Å². The summed E-state index contributed by atoms with van der Waals surface area (Å²) in [5, 5.41) is 18.4. The topological polar surface area (TPSA) is 119 Å². The molecule has 5 heterocycles. The Morgan fingerprint density at radius 1 is 1.12 bits per heavy atom. The van der Waals surface area contributed by atoms with Gasteiger partial charge in [-0.25, -0.2) is 4.98 Å². The number of carbonyl (C=O) groups excluding carboxylic acids is 1. The number of anilines is 1. The van der Waals surface area contributed by atoms with E-state index in [1.165, 1.54) is 0 Å². The Balaban J connectivity index is 1.22. The van der Waals surface area contributed by atoms with Crippen molar-refractivity contribution in [3.8, 4) is 10.6 Å². The molecule has 0 bridgehead atoms. The number of benzene rings is 1. The Hall–Kier alpha value is -3.74. The van der Waals surface area contributed by atoms with Gasteiger partial charge in [0, 0.05) is 73.2 Å². The molecule has 0 spiro atoms. The number of imidazole rings is 1. The number of nitrogens with one attached hydrogen (secondary N) is 1. The molecule has 1 saturated heterocycles. The summed E-state index contributed by atoms with van der Waals surface area (Å²) in [6.45, 7) is 5.19. The lowest BCUT2D eigenvalue weighted by molar-refractivity contribution is 0.0951. The summed E-state index contributed by atoms with van der Waals surface area (Å²) in [5.41, 5.74) is 10.5. The average molecular weight is 588 g/mol. The molecule has 10 nitrogen and oxygen atoms in total. The number of piperidine rings is 1. The number of hydrogen-bond donors (Lipinski definition) is 2. The quantitative estimate of drug-likeness (QED) is 0.244. The highest BCUT2D eigenvalue weighted by Gasteiger charge is 2.30. The second-order valence-corrected chi connectivity index (χ2v) is 12.8. The van der Waals surface area contributed by atoms with E-state index in [0.717, 1.165) is 63.4 Å². The van der Waals surface area contributed by atoms with Crippen LogP contribution in [0.5, 0.6) is 0 Å². The lowest BCUT2D eigenvalue weighted by Crippen LogP contribution is -2.42. The molecule has 6 rings (SSSR count). The molecule has 0 radical (unpaired) electrons. The smallest absolute Gasteiger partial charge is 0.251 e. The van der Waals surface area contributed by atoms with Crippen LogP contribution in [0.1, 0.15) is 41.4 Å². The summed E-state index contributed by atoms with van der Waals surface area (Å²) >= 11 is 3.25. The van der Waals surface area contributed by atoms with Gasteiger partial charge in [0.25, 0.3) is 5.91 Å². The second kappa shape index (κ2) is 11.6. The number of aromatic nitrogens is 6. The first-order valence-electron chi connectivity index (χ1n) is 13.6. The molecule has 1 aromatic carbocycles. The maximum atomic E-state index is 13.2. The summed E-state index contributed by atoms with van der Waals surface area (Å²) in [7, 11) is 1.92. The summed E-state index contributed by atoms with van der Waals surface area (Å²) < 4.78 is 3.75. The molecule has 12 heteroatoms. The van der Waals surface area contributed by atoms with Crippen LogP contribution in [0.3, 0.4) is 0 Å². The Morgan fingerprint density at radius 2 is 1.98 bits per heavy atom. The van der Waals surface area contributed by atoms with Crippen LogP contribution in [-0.2, 0) is 19.3 Å². The fraction of sp³-hybridized carbons (Fsp3) is 0.345. The van der Waals surface area contributed by atoms with Crippen molar-refractivity contribution in [2.45, 2.75) is 37.0 Å². The van der Waals surface area contributed by atoms with E-state index in [1.54, 1.807) is 34.0 Å². The number of pyridine rings is 1. The fourth-order valence-electron chi connectivity index (χ4n) is 4.90. The first-order valence-corrected chi connectivity index (χ1v) is 15.4. The monoisotopic (exact) mass is 587 g/mol. The van der Waals surface area contributed by atoms with Crippen LogP contribution < -0.4 is 16.0 Å². The lowest BCUT2D eigenvalue weighted by Gasteiger charge is -2.38. The van der Waals surface area contributed by atoms with Gasteiger partial charge in [0.2, 0.25) is 5.13 Å². The summed E-state index contributed by atoms with van der Waals surface area (Å²) in [6, 6.07) is 11.8. The van der Waals surface area contributed by atoms with Gasteiger partial charge in [-0.1, -0.05) is 18.3 Å². The summed E-state index contributed by atoms with van der Waals surface area (Å²) in [6.07, 6.45) is 9.61. The molecule has 0 aliphatic carbocycles. The van der Waals surface area contributed by atoms with Gasteiger partial charge in [-0.2, -0.15) is 5.10 Å². The van der Waals surface area contributed by atoms with Gasteiger partial charge in [-0.15, -0.1) is 22.0 Å². The average Bonchev–Trinajstić information content (AvgIpc) is 3.76. The zero-order valence-electron chi connectivity index (χ0n) is 23.2. The summed E-state index contributed by atoms with van der Waals surface area (Å²) in [5.74, 6) is 0.572. The van der Waals surface area contributed by atoms with E-state index in [2.05, 4.69) is 37.4 Å². The first kappa shape index (κ1) is 27.4. The molecule has 41 heavy (non-hydrogen) atoms. The van der Waals surface area contributed by atoms with Crippen LogP contribution in [0.15, 0.2) is 66.1 Å². The van der Waals surface area contributed by atoms with E-state index in [1.807, 2.05) is 66.4 Å². The Labute approximate surface area is 247 Å². The highest BCUT2D eigenvalue weighted by atomic mass is 32.2. The highest BCUT2D eigenvalue weighted by molar-refractivity contribution is 7.98. The normalized spacial score (nSPS) is 15.0. The van der Waals surface area contributed by atoms with Crippen LogP contribution in [0.2, 0.25) is 0 Å². The van der Waals surface area contributed by atoms with Crippen molar-refractivity contribution in [2.24, 2.45) is 18.2 Å². The van der Waals surface area contributed by atoms with Crippen LogP contribution >= 0.6 is 23.1 Å². The summed E-state index contributed by atoms with van der Waals surface area (Å²) in [4.78, 5) is 20.9. The molecule has 0 unspecified atom stereocenters. The van der Waals surface area contributed by atoms with E-state index in [4.69, 9.17) is 5.73 Å². The highest BCUT2D eigenvalue weighted by Crippen LogP contribution is 2.39. The number of thioether (sulfide) groups is 1. The molecule has 4 aromatic heterocycles. The fourth-order valence-corrected chi connectivity index (χ4v) is 6.82. The van der Waals surface area contributed by atoms with Gasteiger partial charge in [-0.3, -0.25) is 9.48 Å². The van der Waals surface area contributed by atoms with Crippen LogP contribution in [0.25, 0.3) is 16.2 Å². The third kappa shape index (κ3) is 6.14. The zero-order chi connectivity index (χ0) is 28.4. The maximum absolute atomic E-state index is 13.2. The van der Waals surface area contributed by atoms with E-state index in [-0.39, 0.29) is 11.3 Å². The number of nitrogens with two attached hydrogens (primary N) is 1. The number of hydrogen-bond acceptors (Lipinski definition) is 9. The van der Waals surface area contributed by atoms with E-state index >= 15 is 0 Å². The number of rotatable bonds is 9. The molecule has 212 valence electrons. The maximum Gasteiger partial charge on any atom is 0.251 e. The van der Waals surface area contributed by atoms with Crippen LogP contribution in [0, 0.1) is 5.41 Å². The molecule has 0 atom stereocenters. The van der Waals surface area contributed by atoms with E-state index in [0.29, 0.717) is 24.4 Å². The van der Waals surface area contributed by atoms with E-state index < -0.39 is 0 Å². The van der Waals surface area contributed by atoms with Crippen molar-refractivity contribution in [3.63, 3.8) is 0 Å². The molecule has 0 saturated carbocycles. The number of fused-ring (bicyclic) bond motifs is 1. The van der Waals surface area contributed by atoms with Gasteiger partial charge < -0.3 is 20.4 Å². The third-order valence-corrected chi connectivity index (χ3v) is 9.80. The first-order chi connectivity index (χ1) is 19.9. The van der Waals surface area contributed by atoms with Crippen molar-refractivity contribution in [3.05, 3.63) is 78.0 Å². The van der Waals surface area contributed by atoms with Crippen molar-refractivity contribution >= 4 is 39.8 Å². The van der Waals surface area contributed by atoms with Crippen molar-refractivity contribution in [1.29, 1.82) is 0 Å². The van der Waals surface area contributed by atoms with Crippen molar-refractivity contribution in [2.75, 3.05) is 24.5 Å². The second-order valence-electron chi connectivity index (χ2n) is 10.8. The Kier molecular flexibility index (Phi) is 7.78. The Bertz CT molecular complexity index is 1670. The van der Waals surface area contributed by atoms with Crippen molar-refractivity contribution < 1.29 is 4.79 Å². The Morgan fingerprint density at radius 3 is 2.76 bits per heavy atom.